The maximum atomic E-state index is 12.5. The van der Waals surface area contributed by atoms with Crippen LogP contribution in [0.4, 0.5) is 13.2 Å². The molecule has 1 fully saturated rings. The zero-order chi connectivity index (χ0) is 12.3. The summed E-state index contributed by atoms with van der Waals surface area (Å²) >= 11 is 0. The molecule has 0 heterocycles. The zero-order valence-electron chi connectivity index (χ0n) is 9.05. The lowest BCUT2D eigenvalue weighted by Crippen LogP contribution is -2.45. The highest BCUT2D eigenvalue weighted by Crippen LogP contribution is 2.37. The molecule has 0 aromatic carbocycles. The molecule has 0 radical (unpaired) electrons. The van der Waals surface area contributed by atoms with Gasteiger partial charge in [0.25, 0.3) is 0 Å². The molecule has 16 heavy (non-hydrogen) atoms. The Morgan fingerprint density at radius 2 is 2.06 bits per heavy atom. The van der Waals surface area contributed by atoms with E-state index in [2.05, 4.69) is 5.32 Å². The van der Waals surface area contributed by atoms with Gasteiger partial charge in [-0.05, 0) is 26.2 Å². The average Bonchev–Trinajstić information content (AvgIpc) is 2.16. The molecule has 2 N–H and O–H groups in total. The van der Waals surface area contributed by atoms with Crippen LogP contribution in [0.25, 0.3) is 0 Å². The van der Waals surface area contributed by atoms with E-state index >= 15 is 0 Å². The first kappa shape index (κ1) is 13.3. The predicted molar refractivity (Wildman–Crippen MR) is 52.0 cm³/mol. The molecule has 0 bridgehead atoms. The van der Waals surface area contributed by atoms with Crippen molar-refractivity contribution in [1.82, 2.24) is 5.32 Å². The lowest BCUT2D eigenvalue weighted by molar-refractivity contribution is -0.183. The Morgan fingerprint density at radius 1 is 1.44 bits per heavy atom. The van der Waals surface area contributed by atoms with Gasteiger partial charge >= 0.3 is 12.1 Å². The number of carboxylic acids is 1. The first-order chi connectivity index (χ1) is 7.30. The van der Waals surface area contributed by atoms with Crippen molar-refractivity contribution >= 4 is 5.97 Å². The number of carboxylic acid groups (broad SMARTS) is 1. The van der Waals surface area contributed by atoms with E-state index in [1.54, 1.807) is 0 Å². The first-order valence-corrected chi connectivity index (χ1v) is 5.36. The first-order valence-electron chi connectivity index (χ1n) is 5.36. The van der Waals surface area contributed by atoms with E-state index < -0.39 is 24.1 Å². The van der Waals surface area contributed by atoms with Crippen LogP contribution < -0.4 is 5.32 Å². The fourth-order valence-electron chi connectivity index (χ4n) is 2.06. The molecule has 3 atom stereocenters. The smallest absolute Gasteiger partial charge is 0.391 e. The van der Waals surface area contributed by atoms with Gasteiger partial charge in [0, 0.05) is 6.04 Å². The van der Waals surface area contributed by atoms with Crippen molar-refractivity contribution in [3.05, 3.63) is 0 Å². The van der Waals surface area contributed by atoms with Gasteiger partial charge in [-0.1, -0.05) is 6.42 Å². The zero-order valence-corrected chi connectivity index (χ0v) is 9.05. The third-order valence-electron chi connectivity index (χ3n) is 2.99. The summed E-state index contributed by atoms with van der Waals surface area (Å²) in [6.07, 6.45) is -2.91. The fraction of sp³-hybridized carbons (Fsp3) is 0.900. The minimum atomic E-state index is -4.16. The van der Waals surface area contributed by atoms with Crippen LogP contribution >= 0.6 is 0 Å². The maximum Gasteiger partial charge on any atom is 0.391 e. The van der Waals surface area contributed by atoms with Crippen molar-refractivity contribution in [2.75, 3.05) is 0 Å². The van der Waals surface area contributed by atoms with E-state index in [-0.39, 0.29) is 18.9 Å². The molecule has 0 aromatic heterocycles. The van der Waals surface area contributed by atoms with Crippen LogP contribution in [0.15, 0.2) is 0 Å². The molecular formula is C10H16F3NO2. The third-order valence-corrected chi connectivity index (χ3v) is 2.99. The van der Waals surface area contributed by atoms with Crippen molar-refractivity contribution in [2.24, 2.45) is 5.92 Å². The highest BCUT2D eigenvalue weighted by atomic mass is 19.4. The number of aliphatic carboxylic acids is 1. The number of carbonyl (C=O) groups is 1. The average molecular weight is 239 g/mol. The number of nitrogens with one attached hydrogen (secondary N) is 1. The summed E-state index contributed by atoms with van der Waals surface area (Å²) in [5, 5.41) is 11.4. The van der Waals surface area contributed by atoms with E-state index in [9.17, 15) is 18.0 Å². The van der Waals surface area contributed by atoms with Crippen LogP contribution in [0.3, 0.4) is 0 Å². The second-order valence-electron chi connectivity index (χ2n) is 4.33. The second kappa shape index (κ2) is 5.03. The molecule has 0 aliphatic heterocycles. The molecule has 94 valence electrons. The molecule has 1 aliphatic rings. The van der Waals surface area contributed by atoms with E-state index in [1.165, 1.54) is 6.92 Å². The van der Waals surface area contributed by atoms with Crippen LogP contribution in [-0.4, -0.2) is 29.3 Å². The second-order valence-corrected chi connectivity index (χ2v) is 4.33. The highest BCUT2D eigenvalue weighted by Gasteiger charge is 2.42. The van der Waals surface area contributed by atoms with Crippen molar-refractivity contribution in [3.8, 4) is 0 Å². The van der Waals surface area contributed by atoms with Crippen LogP contribution in [0.5, 0.6) is 0 Å². The molecule has 0 aromatic rings. The minimum Gasteiger partial charge on any atom is -0.480 e. The standard InChI is InChI=1S/C10H16F3NO2/c1-6(9(15)16)14-8-4-2-3-7(5-8)10(11,12)13/h6-8,14H,2-5H2,1H3,(H,15,16). The quantitative estimate of drug-likeness (QED) is 0.793. The maximum absolute atomic E-state index is 12.5. The Morgan fingerprint density at radius 3 is 2.56 bits per heavy atom. The SMILES string of the molecule is CC(NC1CCCC(C(F)(F)F)C1)C(=O)O. The summed E-state index contributed by atoms with van der Waals surface area (Å²) in [5.41, 5.74) is 0. The molecule has 0 saturated heterocycles. The van der Waals surface area contributed by atoms with E-state index in [0.29, 0.717) is 12.8 Å². The number of hydrogen-bond acceptors (Lipinski definition) is 2. The van der Waals surface area contributed by atoms with Gasteiger partial charge in [0.15, 0.2) is 0 Å². The number of hydrogen-bond donors (Lipinski definition) is 2. The Kier molecular flexibility index (Phi) is 4.18. The van der Waals surface area contributed by atoms with Crippen molar-refractivity contribution in [1.29, 1.82) is 0 Å². The van der Waals surface area contributed by atoms with Gasteiger partial charge in [-0.2, -0.15) is 13.2 Å². The minimum absolute atomic E-state index is 0.0128. The fourth-order valence-corrected chi connectivity index (χ4v) is 2.06. The summed E-state index contributed by atoms with van der Waals surface area (Å²) in [5.74, 6) is -2.33. The topological polar surface area (TPSA) is 49.3 Å². The monoisotopic (exact) mass is 239 g/mol. The van der Waals surface area contributed by atoms with Crippen LogP contribution in [0, 0.1) is 5.92 Å². The Hall–Kier alpha value is -0.780. The number of halogens is 3. The molecule has 1 aliphatic carbocycles. The largest absolute Gasteiger partial charge is 0.480 e. The highest BCUT2D eigenvalue weighted by molar-refractivity contribution is 5.72. The molecule has 1 saturated carbocycles. The van der Waals surface area contributed by atoms with Crippen molar-refractivity contribution < 1.29 is 23.1 Å². The summed E-state index contributed by atoms with van der Waals surface area (Å²) in [4.78, 5) is 10.6. The van der Waals surface area contributed by atoms with Gasteiger partial charge in [0.1, 0.15) is 6.04 Å². The van der Waals surface area contributed by atoms with Crippen LogP contribution in [-0.2, 0) is 4.79 Å². The number of rotatable bonds is 3. The lowest BCUT2D eigenvalue weighted by atomic mass is 9.85. The lowest BCUT2D eigenvalue weighted by Gasteiger charge is -2.32. The van der Waals surface area contributed by atoms with Gasteiger partial charge < -0.3 is 10.4 Å². The molecule has 6 heteroatoms. The molecular weight excluding hydrogens is 223 g/mol. The summed E-state index contributed by atoms with van der Waals surface area (Å²) in [6, 6.07) is -1.14. The Labute approximate surface area is 92.0 Å². The van der Waals surface area contributed by atoms with Crippen molar-refractivity contribution in [3.63, 3.8) is 0 Å². The summed E-state index contributed by atoms with van der Waals surface area (Å²) < 4.78 is 37.4. The van der Waals surface area contributed by atoms with E-state index in [4.69, 9.17) is 5.11 Å². The van der Waals surface area contributed by atoms with Crippen molar-refractivity contribution in [2.45, 2.75) is 50.9 Å². The molecule has 0 amide bonds. The van der Waals surface area contributed by atoms with E-state index in [1.807, 2.05) is 0 Å². The van der Waals surface area contributed by atoms with Gasteiger partial charge in [-0.3, -0.25) is 4.79 Å². The normalized spacial score (nSPS) is 28.8. The summed E-state index contributed by atoms with van der Waals surface area (Å²) in [6.45, 7) is 1.44. The van der Waals surface area contributed by atoms with Crippen LogP contribution in [0.2, 0.25) is 0 Å². The number of alkyl halides is 3. The Bertz CT molecular complexity index is 255. The third kappa shape index (κ3) is 3.66. The van der Waals surface area contributed by atoms with Gasteiger partial charge in [-0.15, -0.1) is 0 Å². The van der Waals surface area contributed by atoms with E-state index in [0.717, 1.165) is 0 Å². The molecule has 1 rings (SSSR count). The predicted octanol–water partition coefficient (Wildman–Crippen LogP) is 2.17. The molecule has 3 nitrogen and oxygen atoms in total. The van der Waals surface area contributed by atoms with Gasteiger partial charge in [-0.25, -0.2) is 0 Å². The molecule has 0 spiro atoms. The Balaban J connectivity index is 2.48. The van der Waals surface area contributed by atoms with Gasteiger partial charge in [0.2, 0.25) is 0 Å². The van der Waals surface area contributed by atoms with Crippen LogP contribution in [0.1, 0.15) is 32.6 Å². The summed E-state index contributed by atoms with van der Waals surface area (Å²) in [7, 11) is 0. The molecule has 3 unspecified atom stereocenters. The van der Waals surface area contributed by atoms with Gasteiger partial charge in [0.05, 0.1) is 5.92 Å².